The van der Waals surface area contributed by atoms with Gasteiger partial charge in [0, 0.05) is 18.7 Å². The van der Waals surface area contributed by atoms with Gasteiger partial charge in [0.15, 0.2) is 0 Å². The average Bonchev–Trinajstić information content (AvgIpc) is 3.27. The number of nitrogens with one attached hydrogen (secondary N) is 1. The molecule has 1 atom stereocenters. The molecule has 19 heavy (non-hydrogen) atoms. The van der Waals surface area contributed by atoms with E-state index in [1.54, 1.807) is 12.1 Å². The fraction of sp³-hybridized carbons (Fsp3) is 0.533. The first-order valence-electron chi connectivity index (χ1n) is 6.81. The standard InChI is InChI=1S/C15H21NO3/c1-11(9-17)8-16-15(18)13-4-6-14(7-5-13)19-10-12-2-3-12/h4-7,11-12,17H,2-3,8-10H2,1H3,(H,16,18). The Bertz CT molecular complexity index is 412. The zero-order valence-corrected chi connectivity index (χ0v) is 11.3. The molecule has 1 aromatic rings. The van der Waals surface area contributed by atoms with Gasteiger partial charge in [0.1, 0.15) is 5.75 Å². The highest BCUT2D eigenvalue weighted by atomic mass is 16.5. The van der Waals surface area contributed by atoms with Crippen molar-refractivity contribution in [2.45, 2.75) is 19.8 Å². The van der Waals surface area contributed by atoms with Crippen LogP contribution in [0, 0.1) is 11.8 Å². The SMILES string of the molecule is CC(CO)CNC(=O)c1ccc(OCC2CC2)cc1. The lowest BCUT2D eigenvalue weighted by molar-refractivity contribution is 0.0942. The number of aliphatic hydroxyl groups is 1. The Kier molecular flexibility index (Phi) is 4.80. The van der Waals surface area contributed by atoms with Crippen LogP contribution in [0.2, 0.25) is 0 Å². The minimum Gasteiger partial charge on any atom is -0.493 e. The van der Waals surface area contributed by atoms with Crippen LogP contribution in [0.4, 0.5) is 0 Å². The number of aliphatic hydroxyl groups excluding tert-OH is 1. The third kappa shape index (κ3) is 4.56. The summed E-state index contributed by atoms with van der Waals surface area (Å²) in [4.78, 5) is 11.8. The molecule has 0 spiro atoms. The average molecular weight is 263 g/mol. The van der Waals surface area contributed by atoms with E-state index < -0.39 is 0 Å². The van der Waals surface area contributed by atoms with Crippen molar-refractivity contribution in [2.75, 3.05) is 19.8 Å². The van der Waals surface area contributed by atoms with Crippen molar-refractivity contribution in [1.82, 2.24) is 5.32 Å². The van der Waals surface area contributed by atoms with E-state index >= 15 is 0 Å². The van der Waals surface area contributed by atoms with E-state index in [0.29, 0.717) is 12.1 Å². The number of carbonyl (C=O) groups excluding carboxylic acids is 1. The normalized spacial score (nSPS) is 15.9. The fourth-order valence-corrected chi connectivity index (χ4v) is 1.63. The van der Waals surface area contributed by atoms with Gasteiger partial charge in [0.25, 0.3) is 5.91 Å². The Labute approximate surface area is 113 Å². The molecule has 0 bridgehead atoms. The summed E-state index contributed by atoms with van der Waals surface area (Å²) in [6, 6.07) is 7.18. The lowest BCUT2D eigenvalue weighted by atomic mass is 10.1. The minimum absolute atomic E-state index is 0.0742. The molecule has 0 radical (unpaired) electrons. The first kappa shape index (κ1) is 13.9. The smallest absolute Gasteiger partial charge is 0.251 e. The molecule has 1 amide bonds. The number of carbonyl (C=O) groups is 1. The third-order valence-electron chi connectivity index (χ3n) is 3.22. The highest BCUT2D eigenvalue weighted by Crippen LogP contribution is 2.29. The van der Waals surface area contributed by atoms with Gasteiger partial charge in [-0.15, -0.1) is 0 Å². The van der Waals surface area contributed by atoms with Crippen molar-refractivity contribution in [3.8, 4) is 5.75 Å². The minimum atomic E-state index is -0.117. The monoisotopic (exact) mass is 263 g/mol. The molecular weight excluding hydrogens is 242 g/mol. The number of rotatable bonds is 7. The van der Waals surface area contributed by atoms with Gasteiger partial charge in [0.05, 0.1) is 6.61 Å². The summed E-state index contributed by atoms with van der Waals surface area (Å²) >= 11 is 0. The number of amides is 1. The molecule has 1 aliphatic carbocycles. The van der Waals surface area contributed by atoms with Gasteiger partial charge < -0.3 is 15.2 Å². The van der Waals surface area contributed by atoms with Gasteiger partial charge in [-0.3, -0.25) is 4.79 Å². The molecule has 0 heterocycles. The van der Waals surface area contributed by atoms with Crippen molar-refractivity contribution >= 4 is 5.91 Å². The second kappa shape index (κ2) is 6.57. The summed E-state index contributed by atoms with van der Waals surface area (Å²) in [6.45, 7) is 3.22. The zero-order valence-electron chi connectivity index (χ0n) is 11.3. The molecule has 1 saturated carbocycles. The maximum Gasteiger partial charge on any atom is 0.251 e. The maximum absolute atomic E-state index is 11.8. The summed E-state index contributed by atoms with van der Waals surface area (Å²) in [5.74, 6) is 1.49. The largest absolute Gasteiger partial charge is 0.493 e. The summed E-state index contributed by atoms with van der Waals surface area (Å²) in [6.07, 6.45) is 2.53. The van der Waals surface area contributed by atoms with E-state index in [1.807, 2.05) is 19.1 Å². The predicted molar refractivity (Wildman–Crippen MR) is 73.2 cm³/mol. The molecular formula is C15H21NO3. The van der Waals surface area contributed by atoms with Crippen molar-refractivity contribution < 1.29 is 14.6 Å². The van der Waals surface area contributed by atoms with Crippen LogP contribution in [0.5, 0.6) is 5.75 Å². The quantitative estimate of drug-likeness (QED) is 0.789. The molecule has 0 aromatic heterocycles. The van der Waals surface area contributed by atoms with Crippen molar-refractivity contribution in [1.29, 1.82) is 0 Å². The summed E-state index contributed by atoms with van der Waals surface area (Å²) in [7, 11) is 0. The van der Waals surface area contributed by atoms with Gasteiger partial charge in [-0.1, -0.05) is 6.92 Å². The first-order chi connectivity index (χ1) is 9.19. The Balaban J connectivity index is 1.80. The highest BCUT2D eigenvalue weighted by molar-refractivity contribution is 5.94. The molecule has 4 nitrogen and oxygen atoms in total. The number of hydrogen-bond donors (Lipinski definition) is 2. The van der Waals surface area contributed by atoms with E-state index in [-0.39, 0.29) is 18.4 Å². The summed E-state index contributed by atoms with van der Waals surface area (Å²) in [5.41, 5.74) is 0.615. The van der Waals surface area contributed by atoms with Crippen molar-refractivity contribution in [3.63, 3.8) is 0 Å². The van der Waals surface area contributed by atoms with Gasteiger partial charge >= 0.3 is 0 Å². The summed E-state index contributed by atoms with van der Waals surface area (Å²) in [5, 5.41) is 11.7. The molecule has 1 aliphatic rings. The molecule has 1 unspecified atom stereocenters. The highest BCUT2D eigenvalue weighted by Gasteiger charge is 2.21. The number of benzene rings is 1. The van der Waals surface area contributed by atoms with Crippen LogP contribution in [-0.4, -0.2) is 30.8 Å². The topological polar surface area (TPSA) is 58.6 Å². The molecule has 1 aromatic carbocycles. The number of hydrogen-bond acceptors (Lipinski definition) is 3. The van der Waals surface area contributed by atoms with Crippen LogP contribution in [0.1, 0.15) is 30.1 Å². The van der Waals surface area contributed by atoms with Gasteiger partial charge in [-0.2, -0.15) is 0 Å². The lowest BCUT2D eigenvalue weighted by Crippen LogP contribution is -2.29. The van der Waals surface area contributed by atoms with Crippen LogP contribution >= 0.6 is 0 Å². The second-order valence-electron chi connectivity index (χ2n) is 5.28. The first-order valence-corrected chi connectivity index (χ1v) is 6.81. The Morgan fingerprint density at radius 1 is 1.42 bits per heavy atom. The molecule has 4 heteroatoms. The molecule has 0 aliphatic heterocycles. The van der Waals surface area contributed by atoms with Gasteiger partial charge in [-0.25, -0.2) is 0 Å². The molecule has 2 N–H and O–H groups in total. The van der Waals surface area contributed by atoms with E-state index in [0.717, 1.165) is 18.3 Å². The van der Waals surface area contributed by atoms with Crippen LogP contribution in [-0.2, 0) is 0 Å². The Morgan fingerprint density at radius 2 is 2.11 bits per heavy atom. The van der Waals surface area contributed by atoms with E-state index in [4.69, 9.17) is 9.84 Å². The molecule has 2 rings (SSSR count). The Hall–Kier alpha value is -1.55. The van der Waals surface area contributed by atoms with E-state index in [1.165, 1.54) is 12.8 Å². The Morgan fingerprint density at radius 3 is 2.68 bits per heavy atom. The summed E-state index contributed by atoms with van der Waals surface area (Å²) < 4.78 is 5.62. The van der Waals surface area contributed by atoms with Crippen molar-refractivity contribution in [3.05, 3.63) is 29.8 Å². The maximum atomic E-state index is 11.8. The third-order valence-corrected chi connectivity index (χ3v) is 3.22. The van der Waals surface area contributed by atoms with Crippen LogP contribution < -0.4 is 10.1 Å². The molecule has 104 valence electrons. The van der Waals surface area contributed by atoms with Gasteiger partial charge in [0.2, 0.25) is 0 Å². The molecule has 0 saturated heterocycles. The second-order valence-corrected chi connectivity index (χ2v) is 5.28. The van der Waals surface area contributed by atoms with E-state index in [9.17, 15) is 4.79 Å². The van der Waals surface area contributed by atoms with Crippen LogP contribution in [0.15, 0.2) is 24.3 Å². The van der Waals surface area contributed by atoms with Gasteiger partial charge in [-0.05, 0) is 48.9 Å². The predicted octanol–water partition coefficient (Wildman–Crippen LogP) is 1.83. The van der Waals surface area contributed by atoms with E-state index in [2.05, 4.69) is 5.32 Å². The number of ether oxygens (including phenoxy) is 1. The fourth-order valence-electron chi connectivity index (χ4n) is 1.63. The van der Waals surface area contributed by atoms with Crippen LogP contribution in [0.25, 0.3) is 0 Å². The zero-order chi connectivity index (χ0) is 13.7. The lowest BCUT2D eigenvalue weighted by Gasteiger charge is -2.10. The van der Waals surface area contributed by atoms with Crippen LogP contribution in [0.3, 0.4) is 0 Å². The molecule has 1 fully saturated rings. The van der Waals surface area contributed by atoms with Crippen molar-refractivity contribution in [2.24, 2.45) is 11.8 Å².